The molecule has 6 heteroatoms. The average Bonchev–Trinajstić information content (AvgIpc) is 2.70. The molecule has 0 saturated carbocycles. The van der Waals surface area contributed by atoms with Crippen LogP contribution in [0.15, 0.2) is 48.5 Å². The molecule has 1 unspecified atom stereocenters. The number of hydrogen-bond acceptors (Lipinski definition) is 4. The predicted octanol–water partition coefficient (Wildman–Crippen LogP) is 3.30. The zero-order chi connectivity index (χ0) is 19.4. The molecule has 1 atom stereocenters. The van der Waals surface area contributed by atoms with Crippen LogP contribution in [0.3, 0.4) is 0 Å². The van der Waals surface area contributed by atoms with Crippen LogP contribution in [0.4, 0.5) is 4.79 Å². The van der Waals surface area contributed by atoms with Gasteiger partial charge in [0.25, 0.3) is 0 Å². The second-order valence-electron chi connectivity index (χ2n) is 6.68. The monoisotopic (exact) mass is 368 g/mol. The molecular weight excluding hydrogens is 344 g/mol. The molecule has 1 aliphatic heterocycles. The molecule has 6 nitrogen and oxygen atoms in total. The molecule has 0 radical (unpaired) electrons. The van der Waals surface area contributed by atoms with Crippen LogP contribution >= 0.6 is 0 Å². The van der Waals surface area contributed by atoms with E-state index in [9.17, 15) is 9.59 Å². The maximum absolute atomic E-state index is 12.9. The van der Waals surface area contributed by atoms with Crippen molar-refractivity contribution in [1.29, 1.82) is 0 Å². The highest BCUT2D eigenvalue weighted by Gasteiger charge is 2.36. The first kappa shape index (κ1) is 18.8. The van der Waals surface area contributed by atoms with E-state index in [-0.39, 0.29) is 24.4 Å². The summed E-state index contributed by atoms with van der Waals surface area (Å²) in [6.45, 7) is 2.99. The summed E-state index contributed by atoms with van der Waals surface area (Å²) in [5.41, 5.74) is 1.88. The van der Waals surface area contributed by atoms with E-state index in [1.54, 1.807) is 19.1 Å². The Morgan fingerprint density at radius 3 is 1.81 bits per heavy atom. The normalized spacial score (nSPS) is 17.2. The van der Waals surface area contributed by atoms with E-state index in [4.69, 9.17) is 9.47 Å². The Bertz CT molecular complexity index is 802. The van der Waals surface area contributed by atoms with Crippen LogP contribution < -0.4 is 9.47 Å². The van der Waals surface area contributed by atoms with Crippen LogP contribution in [0.2, 0.25) is 0 Å². The minimum atomic E-state index is -0.260. The van der Waals surface area contributed by atoms with Gasteiger partial charge in [0.1, 0.15) is 11.5 Å². The molecule has 142 valence electrons. The quantitative estimate of drug-likeness (QED) is 0.785. The number of rotatable bonds is 6. The number of urea groups is 1. The molecule has 0 aromatic heterocycles. The van der Waals surface area contributed by atoms with E-state index in [0.717, 1.165) is 22.6 Å². The summed E-state index contributed by atoms with van der Waals surface area (Å²) in [4.78, 5) is 28.6. The van der Waals surface area contributed by atoms with E-state index in [2.05, 4.69) is 0 Å². The Morgan fingerprint density at radius 1 is 0.852 bits per heavy atom. The van der Waals surface area contributed by atoms with Gasteiger partial charge >= 0.3 is 6.03 Å². The molecule has 1 heterocycles. The second kappa shape index (κ2) is 8.12. The lowest BCUT2D eigenvalue weighted by molar-refractivity contribution is -0.136. The number of benzene rings is 2. The van der Waals surface area contributed by atoms with Crippen LogP contribution in [-0.2, 0) is 17.9 Å². The van der Waals surface area contributed by atoms with Gasteiger partial charge in [0.05, 0.1) is 26.7 Å². The van der Waals surface area contributed by atoms with Crippen molar-refractivity contribution in [3.63, 3.8) is 0 Å². The number of imide groups is 1. The first-order valence-electron chi connectivity index (χ1n) is 8.88. The molecular formula is C21H24N2O4. The summed E-state index contributed by atoms with van der Waals surface area (Å²) >= 11 is 0. The Balaban J connectivity index is 1.74. The van der Waals surface area contributed by atoms with Crippen molar-refractivity contribution in [2.45, 2.75) is 20.0 Å². The van der Waals surface area contributed by atoms with Crippen molar-refractivity contribution in [3.05, 3.63) is 59.7 Å². The van der Waals surface area contributed by atoms with Crippen molar-refractivity contribution in [1.82, 2.24) is 9.80 Å². The highest BCUT2D eigenvalue weighted by molar-refractivity contribution is 5.97. The Morgan fingerprint density at radius 2 is 1.33 bits per heavy atom. The number of amides is 3. The van der Waals surface area contributed by atoms with Crippen molar-refractivity contribution < 1.29 is 19.1 Å². The topological polar surface area (TPSA) is 59.1 Å². The molecule has 2 aromatic carbocycles. The summed E-state index contributed by atoms with van der Waals surface area (Å²) in [5.74, 6) is 1.14. The van der Waals surface area contributed by atoms with Gasteiger partial charge in [-0.05, 0) is 35.4 Å². The lowest BCUT2D eigenvalue weighted by Gasteiger charge is -2.37. The van der Waals surface area contributed by atoms with Gasteiger partial charge < -0.3 is 14.4 Å². The fourth-order valence-electron chi connectivity index (χ4n) is 3.16. The molecule has 0 spiro atoms. The van der Waals surface area contributed by atoms with Crippen molar-refractivity contribution in [3.8, 4) is 11.5 Å². The zero-order valence-corrected chi connectivity index (χ0v) is 15.8. The van der Waals surface area contributed by atoms with E-state index >= 15 is 0 Å². The highest BCUT2D eigenvalue weighted by atomic mass is 16.5. The number of nitrogens with zero attached hydrogens (tertiary/aromatic N) is 2. The maximum atomic E-state index is 12.9. The lowest BCUT2D eigenvalue weighted by Crippen LogP contribution is -2.55. The van der Waals surface area contributed by atoms with Crippen LogP contribution in [0.25, 0.3) is 0 Å². The van der Waals surface area contributed by atoms with Crippen molar-refractivity contribution >= 4 is 11.9 Å². The standard InChI is InChI=1S/C21H24N2O4/c1-15-12-22(13-16-4-8-18(26-2)9-5-16)21(25)23(20(15)24)14-17-6-10-19(27-3)11-7-17/h4-11,15H,12-14H2,1-3H3. The van der Waals surface area contributed by atoms with E-state index < -0.39 is 0 Å². The van der Waals surface area contributed by atoms with Gasteiger partial charge in [0.15, 0.2) is 0 Å². The molecule has 2 aromatic rings. The average molecular weight is 368 g/mol. The minimum Gasteiger partial charge on any atom is -0.497 e. The smallest absolute Gasteiger partial charge is 0.327 e. The first-order chi connectivity index (χ1) is 13.0. The highest BCUT2D eigenvalue weighted by Crippen LogP contribution is 2.22. The Kier molecular flexibility index (Phi) is 5.64. The van der Waals surface area contributed by atoms with Gasteiger partial charge in [-0.2, -0.15) is 0 Å². The van der Waals surface area contributed by atoms with E-state index in [1.165, 1.54) is 4.90 Å². The fraction of sp³-hybridized carbons (Fsp3) is 0.333. The molecule has 3 rings (SSSR count). The molecule has 27 heavy (non-hydrogen) atoms. The van der Waals surface area contributed by atoms with Crippen molar-refractivity contribution in [2.24, 2.45) is 5.92 Å². The number of hydrogen-bond donors (Lipinski definition) is 0. The molecule has 0 N–H and O–H groups in total. The van der Waals surface area contributed by atoms with Crippen LogP contribution in [0.5, 0.6) is 11.5 Å². The summed E-state index contributed by atoms with van der Waals surface area (Å²) in [6.07, 6.45) is 0. The molecule has 1 fully saturated rings. The maximum Gasteiger partial charge on any atom is 0.327 e. The fourth-order valence-corrected chi connectivity index (χ4v) is 3.16. The third-order valence-corrected chi connectivity index (χ3v) is 4.72. The second-order valence-corrected chi connectivity index (χ2v) is 6.68. The van der Waals surface area contributed by atoms with Crippen LogP contribution in [0, 0.1) is 5.92 Å². The van der Waals surface area contributed by atoms with Gasteiger partial charge in [-0.15, -0.1) is 0 Å². The SMILES string of the molecule is COc1ccc(CN2CC(C)C(=O)N(Cc3ccc(OC)cc3)C2=O)cc1. The minimum absolute atomic E-state index is 0.137. The summed E-state index contributed by atoms with van der Waals surface area (Å²) in [7, 11) is 3.22. The summed E-state index contributed by atoms with van der Waals surface area (Å²) in [5, 5.41) is 0. The van der Waals surface area contributed by atoms with E-state index in [0.29, 0.717) is 13.1 Å². The Hall–Kier alpha value is -3.02. The van der Waals surface area contributed by atoms with Gasteiger partial charge in [-0.3, -0.25) is 9.69 Å². The van der Waals surface area contributed by atoms with Crippen LogP contribution in [0.1, 0.15) is 18.1 Å². The third kappa shape index (κ3) is 4.22. The number of carbonyl (C=O) groups excluding carboxylic acids is 2. The molecule has 1 saturated heterocycles. The van der Waals surface area contributed by atoms with Gasteiger partial charge in [-0.25, -0.2) is 4.79 Å². The predicted molar refractivity (Wildman–Crippen MR) is 102 cm³/mol. The largest absolute Gasteiger partial charge is 0.497 e. The first-order valence-corrected chi connectivity index (χ1v) is 8.88. The number of methoxy groups -OCH3 is 2. The zero-order valence-electron chi connectivity index (χ0n) is 15.8. The Labute approximate surface area is 159 Å². The van der Waals surface area contributed by atoms with Crippen LogP contribution in [-0.4, -0.2) is 42.5 Å². The summed E-state index contributed by atoms with van der Waals surface area (Å²) < 4.78 is 10.3. The molecule has 3 amide bonds. The van der Waals surface area contributed by atoms with E-state index in [1.807, 2.05) is 55.5 Å². The van der Waals surface area contributed by atoms with Gasteiger partial charge in [0.2, 0.25) is 5.91 Å². The number of ether oxygens (including phenoxy) is 2. The summed E-state index contributed by atoms with van der Waals surface area (Å²) in [6, 6.07) is 14.7. The number of carbonyl (C=O) groups is 2. The van der Waals surface area contributed by atoms with Gasteiger partial charge in [0, 0.05) is 13.1 Å². The third-order valence-electron chi connectivity index (χ3n) is 4.72. The molecule has 0 bridgehead atoms. The molecule has 1 aliphatic rings. The lowest BCUT2D eigenvalue weighted by atomic mass is 10.1. The molecule has 0 aliphatic carbocycles. The van der Waals surface area contributed by atoms with Crippen molar-refractivity contribution in [2.75, 3.05) is 20.8 Å². The van der Waals surface area contributed by atoms with Gasteiger partial charge in [-0.1, -0.05) is 31.2 Å².